The van der Waals surface area contributed by atoms with Crippen molar-refractivity contribution < 1.29 is 54.1 Å². The van der Waals surface area contributed by atoms with Crippen molar-refractivity contribution >= 4 is 38.4 Å². The van der Waals surface area contributed by atoms with Gasteiger partial charge in [0.1, 0.15) is 23.5 Å². The molecule has 15 heteroatoms. The molecule has 0 spiro atoms. The maximum atomic E-state index is 12.8. The van der Waals surface area contributed by atoms with E-state index in [1.807, 2.05) is 0 Å². The molecular formula is C31H45NO12S2. The molecule has 5 rings (SSSR count). The van der Waals surface area contributed by atoms with Gasteiger partial charge in [0.15, 0.2) is 0 Å². The molecule has 4 aliphatic carbocycles. The molecule has 0 aliphatic heterocycles. The van der Waals surface area contributed by atoms with Crippen LogP contribution >= 0.6 is 0 Å². The average molecular weight is 688 g/mol. The molecule has 0 radical (unpaired) electrons. The number of amides is 1. The molecule has 10 atom stereocenters. The number of carboxylic acids is 1. The molecule has 0 unspecified atom stereocenters. The van der Waals surface area contributed by atoms with Crippen molar-refractivity contribution in [3.8, 4) is 5.75 Å². The van der Waals surface area contributed by atoms with E-state index in [-0.39, 0.29) is 65.1 Å². The van der Waals surface area contributed by atoms with E-state index in [1.165, 1.54) is 18.2 Å². The summed E-state index contributed by atoms with van der Waals surface area (Å²) in [5, 5.41) is 21.7. The summed E-state index contributed by atoms with van der Waals surface area (Å²) in [5.41, 5.74) is -0.292. The Kier molecular flexibility index (Phi) is 9.61. The Labute approximate surface area is 270 Å². The summed E-state index contributed by atoms with van der Waals surface area (Å²) in [6.07, 6.45) is 4.50. The van der Waals surface area contributed by atoms with Gasteiger partial charge in [-0.1, -0.05) is 20.8 Å². The first kappa shape index (κ1) is 35.0. The van der Waals surface area contributed by atoms with Crippen molar-refractivity contribution in [2.45, 2.75) is 97.2 Å². The van der Waals surface area contributed by atoms with Gasteiger partial charge in [-0.05, 0) is 122 Å². The van der Waals surface area contributed by atoms with Crippen LogP contribution in [0.1, 0.15) is 95.3 Å². The number of hydrogen-bond donors (Lipinski definition) is 5. The summed E-state index contributed by atoms with van der Waals surface area (Å²) in [4.78, 5) is 24.1. The molecule has 0 saturated heterocycles. The lowest BCUT2D eigenvalue weighted by atomic mass is 9.44. The maximum Gasteiger partial charge on any atom is 0.397 e. The summed E-state index contributed by atoms with van der Waals surface area (Å²) < 4.78 is 75.1. The van der Waals surface area contributed by atoms with Crippen LogP contribution in [0.15, 0.2) is 18.2 Å². The first-order valence-electron chi connectivity index (χ1n) is 16.0. The van der Waals surface area contributed by atoms with Gasteiger partial charge in [-0.3, -0.25) is 13.9 Å². The molecular weight excluding hydrogens is 642 g/mol. The van der Waals surface area contributed by atoms with Gasteiger partial charge in [-0.25, -0.2) is 13.2 Å². The smallest absolute Gasteiger partial charge is 0.397 e. The van der Waals surface area contributed by atoms with Crippen LogP contribution in [0.5, 0.6) is 5.75 Å². The minimum Gasteiger partial charge on any atom is -0.507 e. The summed E-state index contributed by atoms with van der Waals surface area (Å²) >= 11 is 0. The van der Waals surface area contributed by atoms with E-state index in [4.69, 9.17) is 8.37 Å². The number of nitrogens with one attached hydrogen (secondary N) is 1. The fourth-order valence-electron chi connectivity index (χ4n) is 10.3. The number of phenols is 1. The average Bonchev–Trinajstić information content (AvgIpc) is 3.29. The Morgan fingerprint density at radius 1 is 0.957 bits per heavy atom. The number of anilines is 1. The molecule has 5 N–H and O–H groups in total. The molecule has 4 fully saturated rings. The van der Waals surface area contributed by atoms with Crippen molar-refractivity contribution in [1.82, 2.24) is 0 Å². The maximum absolute atomic E-state index is 12.8. The van der Waals surface area contributed by atoms with Crippen molar-refractivity contribution in [2.24, 2.45) is 46.3 Å². The highest BCUT2D eigenvalue weighted by Gasteiger charge is 2.62. The molecule has 4 aliphatic rings. The van der Waals surface area contributed by atoms with Gasteiger partial charge < -0.3 is 15.5 Å². The lowest BCUT2D eigenvalue weighted by molar-refractivity contribution is -0.152. The van der Waals surface area contributed by atoms with E-state index in [2.05, 4.69) is 26.1 Å². The van der Waals surface area contributed by atoms with E-state index in [9.17, 15) is 45.7 Å². The molecule has 1 aromatic carbocycles. The first-order valence-corrected chi connectivity index (χ1v) is 18.7. The lowest BCUT2D eigenvalue weighted by Gasteiger charge is -2.62. The minimum atomic E-state index is -4.90. The first-order chi connectivity index (χ1) is 21.3. The van der Waals surface area contributed by atoms with Crippen LogP contribution in [0.4, 0.5) is 5.69 Å². The number of benzene rings is 1. The third-order valence-electron chi connectivity index (χ3n) is 12.2. The van der Waals surface area contributed by atoms with E-state index >= 15 is 0 Å². The highest BCUT2D eigenvalue weighted by atomic mass is 32.3. The molecule has 0 bridgehead atoms. The second-order valence-corrected chi connectivity index (χ2v) is 16.6. The fourth-order valence-corrected chi connectivity index (χ4v) is 11.3. The van der Waals surface area contributed by atoms with Gasteiger partial charge in [-0.15, -0.1) is 0 Å². The fraction of sp³-hybridized carbons (Fsp3) is 0.742. The number of aromatic hydroxyl groups is 1. The van der Waals surface area contributed by atoms with Crippen molar-refractivity contribution in [1.29, 1.82) is 0 Å². The molecule has 0 heterocycles. The number of hydrogen-bond acceptors (Lipinski definition) is 9. The molecule has 1 aromatic rings. The Hall–Kier alpha value is -2.30. The predicted octanol–water partition coefficient (Wildman–Crippen LogP) is 5.09. The van der Waals surface area contributed by atoms with Crippen LogP contribution in [-0.2, 0) is 34.0 Å². The number of rotatable bonds is 10. The van der Waals surface area contributed by atoms with Crippen LogP contribution < -0.4 is 5.32 Å². The number of aromatic carboxylic acids is 1. The van der Waals surface area contributed by atoms with Crippen LogP contribution in [0.2, 0.25) is 0 Å². The minimum absolute atomic E-state index is 0.0286. The molecule has 46 heavy (non-hydrogen) atoms. The second-order valence-electron chi connectivity index (χ2n) is 14.6. The van der Waals surface area contributed by atoms with Gasteiger partial charge >= 0.3 is 26.8 Å². The Morgan fingerprint density at radius 2 is 1.61 bits per heavy atom. The van der Waals surface area contributed by atoms with Gasteiger partial charge in [0.25, 0.3) is 0 Å². The number of carbonyl (C=O) groups is 2. The van der Waals surface area contributed by atoms with E-state index in [1.54, 1.807) is 0 Å². The third kappa shape index (κ3) is 7.09. The van der Waals surface area contributed by atoms with Gasteiger partial charge in [0.2, 0.25) is 5.91 Å². The van der Waals surface area contributed by atoms with Gasteiger partial charge in [0, 0.05) is 12.1 Å². The zero-order chi connectivity index (χ0) is 33.8. The highest BCUT2D eigenvalue weighted by Crippen LogP contribution is 2.68. The Bertz CT molecular complexity index is 1560. The topological polar surface area (TPSA) is 214 Å². The number of fused-ring (bicyclic) bond motifs is 5. The predicted molar refractivity (Wildman–Crippen MR) is 166 cm³/mol. The van der Waals surface area contributed by atoms with Crippen LogP contribution in [0.25, 0.3) is 0 Å². The Balaban J connectivity index is 1.25. The molecule has 0 aromatic heterocycles. The van der Waals surface area contributed by atoms with Gasteiger partial charge in [0.05, 0.1) is 0 Å². The Morgan fingerprint density at radius 3 is 2.26 bits per heavy atom. The van der Waals surface area contributed by atoms with Crippen molar-refractivity contribution in [3.63, 3.8) is 0 Å². The zero-order valence-corrected chi connectivity index (χ0v) is 27.9. The molecule has 4 saturated carbocycles. The van der Waals surface area contributed by atoms with Crippen molar-refractivity contribution in [2.75, 3.05) is 5.32 Å². The molecule has 1 amide bonds. The standard InChI is InChI=1S/C31H45NO12S2/c1-17(4-11-28(34)32-19-6-10-25(33)21(15-19)29(35)36)22-8-9-23-20-7-5-18-14-26(43-45(37,38)39)27(44-46(40,41)42)16-31(18,3)24(20)12-13-30(22,23)2/h6,10,15,17-18,20,22-24,26-27,33H,4-5,7-9,11-14,16H2,1-3H3,(H,32,34)(H,35,36)(H,37,38,39)(H,40,41,42)/t17-,18+,20+,22-,23+,24+,26+,27+,30-,31+/m1/s1. The monoisotopic (exact) mass is 687 g/mol. The third-order valence-corrected chi connectivity index (χ3v) is 13.2. The van der Waals surface area contributed by atoms with E-state index in [0.29, 0.717) is 29.9 Å². The molecule has 13 nitrogen and oxygen atoms in total. The summed E-state index contributed by atoms with van der Waals surface area (Å²) in [7, 11) is -9.77. The highest BCUT2D eigenvalue weighted by molar-refractivity contribution is 7.81. The molecule has 258 valence electrons. The van der Waals surface area contributed by atoms with Crippen LogP contribution in [-0.4, -0.2) is 60.2 Å². The quantitative estimate of drug-likeness (QED) is 0.161. The largest absolute Gasteiger partial charge is 0.507 e. The van der Waals surface area contributed by atoms with Crippen molar-refractivity contribution in [3.05, 3.63) is 23.8 Å². The summed E-state index contributed by atoms with van der Waals surface area (Å²) in [5.74, 6) is -0.130. The van der Waals surface area contributed by atoms with E-state index < -0.39 is 39.0 Å². The normalized spacial score (nSPS) is 36.6. The summed E-state index contributed by atoms with van der Waals surface area (Å²) in [6.45, 7) is 6.66. The van der Waals surface area contributed by atoms with Gasteiger partial charge in [-0.2, -0.15) is 16.8 Å². The lowest BCUT2D eigenvalue weighted by Crippen LogP contribution is -2.57. The number of carbonyl (C=O) groups excluding carboxylic acids is 1. The summed E-state index contributed by atoms with van der Waals surface area (Å²) in [6, 6.07) is 3.94. The SMILES string of the molecule is C[C@H](CCC(=O)Nc1ccc(O)c(C(=O)O)c1)[C@H]1CC[C@H]2[C@@H]3CC[C@H]4C[C@H](OS(=O)(=O)O)[C@@H](OS(=O)(=O)O)C[C@]4(C)[C@H]3CC[C@]12C. The zero-order valence-electron chi connectivity index (χ0n) is 26.3. The van der Waals surface area contributed by atoms with E-state index in [0.717, 1.165) is 38.5 Å². The van der Waals surface area contributed by atoms with Crippen LogP contribution in [0, 0.1) is 46.3 Å². The second kappa shape index (κ2) is 12.6. The number of carboxylic acid groups (broad SMARTS) is 1. The van der Waals surface area contributed by atoms with Crippen LogP contribution in [0.3, 0.4) is 0 Å².